The van der Waals surface area contributed by atoms with Gasteiger partial charge in [0.1, 0.15) is 5.69 Å². The third-order valence-electron chi connectivity index (χ3n) is 3.01. The Hall–Kier alpha value is -2.49. The van der Waals surface area contributed by atoms with Crippen LogP contribution in [0.4, 0.5) is 0 Å². The highest BCUT2D eigenvalue weighted by Crippen LogP contribution is 2.21. The number of carbonyl (C=O) groups excluding carboxylic acids is 1. The summed E-state index contributed by atoms with van der Waals surface area (Å²) in [6, 6.07) is 7.12. The van der Waals surface area contributed by atoms with Gasteiger partial charge < -0.3 is 0 Å². The summed E-state index contributed by atoms with van der Waals surface area (Å²) in [6.07, 6.45) is 11.6. The Balaban J connectivity index is 1.99. The molecule has 0 aromatic carbocycles. The second-order valence-corrected chi connectivity index (χ2v) is 4.29. The standard InChI is InChI=1S/C15H13N3O/c19-15(13-8-4-5-10-16-13)18-14(9-11-17-18)12-6-2-1-3-7-12/h2,4-11H,1,3H2. The number of nitrogens with zero attached hydrogens (tertiary/aromatic N) is 3. The summed E-state index contributed by atoms with van der Waals surface area (Å²) in [7, 11) is 0. The minimum Gasteiger partial charge on any atom is -0.265 e. The van der Waals surface area contributed by atoms with Crippen LogP contribution in [0.2, 0.25) is 0 Å². The van der Waals surface area contributed by atoms with E-state index in [-0.39, 0.29) is 5.91 Å². The van der Waals surface area contributed by atoms with Crippen molar-refractivity contribution in [1.82, 2.24) is 14.8 Å². The Bertz CT molecular complexity index is 653. The van der Waals surface area contributed by atoms with Crippen LogP contribution < -0.4 is 0 Å². The van der Waals surface area contributed by atoms with Gasteiger partial charge >= 0.3 is 0 Å². The molecule has 94 valence electrons. The summed E-state index contributed by atoms with van der Waals surface area (Å²) in [5, 5.41) is 4.12. The second-order valence-electron chi connectivity index (χ2n) is 4.29. The zero-order valence-electron chi connectivity index (χ0n) is 10.4. The molecule has 0 unspecified atom stereocenters. The van der Waals surface area contributed by atoms with E-state index in [4.69, 9.17) is 0 Å². The number of pyridine rings is 1. The van der Waals surface area contributed by atoms with Crippen LogP contribution >= 0.6 is 0 Å². The van der Waals surface area contributed by atoms with Gasteiger partial charge in [0, 0.05) is 6.20 Å². The predicted octanol–water partition coefficient (Wildman–Crippen LogP) is 2.70. The molecule has 0 spiro atoms. The molecule has 2 aromatic heterocycles. The van der Waals surface area contributed by atoms with Gasteiger partial charge in [-0.15, -0.1) is 0 Å². The van der Waals surface area contributed by atoms with Crippen molar-refractivity contribution in [3.05, 3.63) is 66.3 Å². The molecule has 0 radical (unpaired) electrons. The van der Waals surface area contributed by atoms with Crippen LogP contribution in [0, 0.1) is 0 Å². The van der Waals surface area contributed by atoms with Crippen LogP contribution in [-0.4, -0.2) is 20.7 Å². The van der Waals surface area contributed by atoms with Gasteiger partial charge in [-0.1, -0.05) is 24.3 Å². The molecule has 2 aromatic rings. The maximum Gasteiger partial charge on any atom is 0.297 e. The van der Waals surface area contributed by atoms with E-state index in [9.17, 15) is 4.79 Å². The molecule has 0 aliphatic heterocycles. The molecule has 1 aliphatic rings. The molecule has 0 N–H and O–H groups in total. The fraction of sp³-hybridized carbons (Fsp3) is 0.133. The normalized spacial score (nSPS) is 14.2. The fourth-order valence-corrected chi connectivity index (χ4v) is 2.08. The predicted molar refractivity (Wildman–Crippen MR) is 72.5 cm³/mol. The molecule has 4 nitrogen and oxygen atoms in total. The first-order valence-corrected chi connectivity index (χ1v) is 6.23. The third kappa shape index (κ3) is 2.25. The highest BCUT2D eigenvalue weighted by atomic mass is 16.2. The first-order chi connectivity index (χ1) is 9.36. The lowest BCUT2D eigenvalue weighted by atomic mass is 10.0. The van der Waals surface area contributed by atoms with Crippen molar-refractivity contribution in [2.75, 3.05) is 0 Å². The number of hydrogen-bond donors (Lipinski definition) is 0. The lowest BCUT2D eigenvalue weighted by Gasteiger charge is -2.09. The van der Waals surface area contributed by atoms with Gasteiger partial charge in [0.05, 0.1) is 11.9 Å². The Morgan fingerprint density at radius 2 is 2.11 bits per heavy atom. The molecule has 4 heteroatoms. The SMILES string of the molecule is O=C(c1ccccn1)n1nccc1C1=CCCC=C1. The molecule has 0 atom stereocenters. The van der Waals surface area contributed by atoms with Crippen LogP contribution in [0.5, 0.6) is 0 Å². The van der Waals surface area contributed by atoms with Crippen LogP contribution in [0.15, 0.2) is 54.9 Å². The van der Waals surface area contributed by atoms with Crippen molar-refractivity contribution in [3.8, 4) is 0 Å². The van der Waals surface area contributed by atoms with Crippen LogP contribution in [0.25, 0.3) is 5.57 Å². The molecule has 3 rings (SSSR count). The zero-order valence-corrected chi connectivity index (χ0v) is 10.4. The first-order valence-electron chi connectivity index (χ1n) is 6.23. The van der Waals surface area contributed by atoms with Gasteiger partial charge in [-0.05, 0) is 36.6 Å². The molecule has 0 bridgehead atoms. The van der Waals surface area contributed by atoms with Gasteiger partial charge in [0.2, 0.25) is 0 Å². The van der Waals surface area contributed by atoms with Crippen molar-refractivity contribution in [1.29, 1.82) is 0 Å². The summed E-state index contributed by atoms with van der Waals surface area (Å²) in [5.74, 6) is -0.208. The molecule has 19 heavy (non-hydrogen) atoms. The Morgan fingerprint density at radius 1 is 1.16 bits per heavy atom. The first kappa shape index (κ1) is 11.6. The third-order valence-corrected chi connectivity index (χ3v) is 3.01. The van der Waals surface area contributed by atoms with Crippen molar-refractivity contribution >= 4 is 11.5 Å². The summed E-state index contributed by atoms with van der Waals surface area (Å²) in [6.45, 7) is 0. The van der Waals surface area contributed by atoms with E-state index in [0.29, 0.717) is 5.69 Å². The lowest BCUT2D eigenvalue weighted by Crippen LogP contribution is -2.17. The Labute approximate surface area is 111 Å². The van der Waals surface area contributed by atoms with Crippen molar-refractivity contribution in [3.63, 3.8) is 0 Å². The monoisotopic (exact) mass is 251 g/mol. The fourth-order valence-electron chi connectivity index (χ4n) is 2.08. The summed E-state index contributed by atoms with van der Waals surface area (Å²) in [4.78, 5) is 16.4. The second kappa shape index (κ2) is 5.02. The maximum atomic E-state index is 12.4. The van der Waals surface area contributed by atoms with Crippen molar-refractivity contribution < 1.29 is 4.79 Å². The van der Waals surface area contributed by atoms with E-state index in [1.165, 1.54) is 4.68 Å². The van der Waals surface area contributed by atoms with Gasteiger partial charge in [0.25, 0.3) is 5.91 Å². The molecular formula is C15H13N3O. The number of carbonyl (C=O) groups is 1. The minimum atomic E-state index is -0.208. The van der Waals surface area contributed by atoms with E-state index in [1.54, 1.807) is 30.6 Å². The minimum absolute atomic E-state index is 0.208. The van der Waals surface area contributed by atoms with Crippen LogP contribution in [0.3, 0.4) is 0 Å². The van der Waals surface area contributed by atoms with Gasteiger partial charge in [-0.25, -0.2) is 0 Å². The van der Waals surface area contributed by atoms with Gasteiger partial charge in [0.15, 0.2) is 0 Å². The summed E-state index contributed by atoms with van der Waals surface area (Å²) >= 11 is 0. The zero-order chi connectivity index (χ0) is 13.1. The van der Waals surface area contributed by atoms with Crippen LogP contribution in [-0.2, 0) is 0 Å². The summed E-state index contributed by atoms with van der Waals surface area (Å²) in [5.41, 5.74) is 2.24. The van der Waals surface area contributed by atoms with E-state index in [1.807, 2.05) is 12.1 Å². The number of rotatable bonds is 2. The quantitative estimate of drug-likeness (QED) is 0.824. The largest absolute Gasteiger partial charge is 0.297 e. The number of aromatic nitrogens is 3. The molecule has 0 amide bonds. The average molecular weight is 251 g/mol. The highest BCUT2D eigenvalue weighted by molar-refractivity contribution is 5.95. The van der Waals surface area contributed by atoms with Gasteiger partial charge in [-0.3, -0.25) is 9.78 Å². The lowest BCUT2D eigenvalue weighted by molar-refractivity contribution is 0.0939. The topological polar surface area (TPSA) is 47.8 Å². The number of allylic oxidation sites excluding steroid dienone is 4. The molecule has 0 saturated carbocycles. The Kier molecular flexibility index (Phi) is 3.06. The summed E-state index contributed by atoms with van der Waals surface area (Å²) < 4.78 is 1.41. The highest BCUT2D eigenvalue weighted by Gasteiger charge is 2.16. The molecule has 2 heterocycles. The number of hydrogen-bond acceptors (Lipinski definition) is 3. The Morgan fingerprint density at radius 3 is 2.84 bits per heavy atom. The van der Waals surface area contributed by atoms with E-state index in [2.05, 4.69) is 22.2 Å². The van der Waals surface area contributed by atoms with E-state index >= 15 is 0 Å². The smallest absolute Gasteiger partial charge is 0.265 e. The maximum absolute atomic E-state index is 12.4. The van der Waals surface area contributed by atoms with Gasteiger partial charge in [-0.2, -0.15) is 9.78 Å². The van der Waals surface area contributed by atoms with E-state index in [0.717, 1.165) is 24.1 Å². The van der Waals surface area contributed by atoms with Crippen LogP contribution in [0.1, 0.15) is 29.0 Å². The molecule has 1 aliphatic carbocycles. The van der Waals surface area contributed by atoms with E-state index < -0.39 is 0 Å². The molecule has 0 saturated heterocycles. The van der Waals surface area contributed by atoms with Crippen molar-refractivity contribution in [2.24, 2.45) is 0 Å². The average Bonchev–Trinajstić information content (AvgIpc) is 2.98. The molecular weight excluding hydrogens is 238 g/mol. The van der Waals surface area contributed by atoms with Crippen molar-refractivity contribution in [2.45, 2.75) is 12.8 Å². The molecule has 0 fully saturated rings.